The molecule has 27 heavy (non-hydrogen) atoms. The summed E-state index contributed by atoms with van der Waals surface area (Å²) in [6.45, 7) is 0.0637. The first-order valence-electron chi connectivity index (χ1n) is 7.69. The lowest BCUT2D eigenvalue weighted by molar-refractivity contribution is -0.137. The number of nitrogens with zero attached hydrogens (tertiary/aromatic N) is 1. The summed E-state index contributed by atoms with van der Waals surface area (Å²) in [7, 11) is 2.88. The molecule has 0 fully saturated rings. The number of hydrogen-bond acceptors (Lipinski definition) is 5. The molecule has 0 spiro atoms. The van der Waals surface area contributed by atoms with Gasteiger partial charge in [0.2, 0.25) is 0 Å². The molecule has 0 saturated carbocycles. The van der Waals surface area contributed by atoms with Gasteiger partial charge in [0.05, 0.1) is 18.4 Å². The van der Waals surface area contributed by atoms with Crippen LogP contribution in [0.3, 0.4) is 0 Å². The molecule has 0 unspecified atom stereocenters. The molecule has 0 atom stereocenters. The van der Waals surface area contributed by atoms with E-state index in [-0.39, 0.29) is 12.3 Å². The Morgan fingerprint density at radius 3 is 2.48 bits per heavy atom. The zero-order chi connectivity index (χ0) is 20.0. The van der Waals surface area contributed by atoms with Crippen LogP contribution in [0.4, 0.5) is 23.7 Å². The number of methoxy groups -OCH3 is 1. The molecular weight excluding hydrogens is 385 g/mol. The summed E-state index contributed by atoms with van der Waals surface area (Å²) in [5.41, 5.74) is -0.0689. The van der Waals surface area contributed by atoms with E-state index in [1.807, 2.05) is 0 Å². The maximum atomic E-state index is 12.5. The van der Waals surface area contributed by atoms with Crippen molar-refractivity contribution in [2.24, 2.45) is 7.05 Å². The number of amides is 1. The van der Waals surface area contributed by atoms with Crippen LogP contribution in [0, 0.1) is 0 Å². The van der Waals surface area contributed by atoms with Crippen LogP contribution in [0.25, 0.3) is 0 Å². The molecule has 146 valence electrons. The second-order valence-electron chi connectivity index (χ2n) is 5.35. The van der Waals surface area contributed by atoms with E-state index in [1.165, 1.54) is 47.8 Å². The highest BCUT2D eigenvalue weighted by molar-refractivity contribution is 7.99. The van der Waals surface area contributed by atoms with Crippen molar-refractivity contribution in [1.29, 1.82) is 0 Å². The van der Waals surface area contributed by atoms with Crippen molar-refractivity contribution < 1.29 is 32.2 Å². The Morgan fingerprint density at radius 1 is 1.22 bits per heavy atom. The number of thioether (sulfide) groups is 1. The predicted octanol–water partition coefficient (Wildman–Crippen LogP) is 4.17. The first-order valence-corrected chi connectivity index (χ1v) is 8.68. The van der Waals surface area contributed by atoms with Crippen LogP contribution in [0.5, 0.6) is 0 Å². The molecule has 1 heterocycles. The minimum atomic E-state index is -4.37. The van der Waals surface area contributed by atoms with Crippen molar-refractivity contribution >= 4 is 29.5 Å². The number of carbonyl (C=O) groups excluding carboxylic acids is 2. The third-order valence-electron chi connectivity index (χ3n) is 3.41. The number of halogens is 3. The average Bonchev–Trinajstić information content (AvgIpc) is 2.97. The molecule has 0 aliphatic heterocycles. The summed E-state index contributed by atoms with van der Waals surface area (Å²) in [4.78, 5) is 23.9. The molecule has 1 amide bonds. The third kappa shape index (κ3) is 5.95. The van der Waals surface area contributed by atoms with Gasteiger partial charge in [-0.25, -0.2) is 9.59 Å². The van der Waals surface area contributed by atoms with Crippen molar-refractivity contribution in [3.8, 4) is 0 Å². The fraction of sp³-hybridized carbons (Fsp3) is 0.294. The van der Waals surface area contributed by atoms with E-state index in [9.17, 15) is 22.8 Å². The largest absolute Gasteiger partial charge is 0.464 e. The minimum absolute atomic E-state index is 0.0637. The molecule has 2 rings (SSSR count). The third-order valence-corrected chi connectivity index (χ3v) is 4.39. The lowest BCUT2D eigenvalue weighted by Gasteiger charge is -2.08. The van der Waals surface area contributed by atoms with Gasteiger partial charge in [0.25, 0.3) is 0 Å². The summed E-state index contributed by atoms with van der Waals surface area (Å²) in [6.07, 6.45) is -3.54. The SMILES string of the molecule is COC(=O)c1cc(NC(=O)OCCSc2ccc(C(F)(F)F)cc2)cn1C. The van der Waals surface area contributed by atoms with E-state index in [2.05, 4.69) is 10.1 Å². The molecule has 1 aromatic heterocycles. The number of rotatable bonds is 6. The van der Waals surface area contributed by atoms with Crippen LogP contribution in [-0.4, -0.2) is 36.1 Å². The van der Waals surface area contributed by atoms with Gasteiger partial charge in [-0.1, -0.05) is 0 Å². The maximum absolute atomic E-state index is 12.5. The molecule has 10 heteroatoms. The molecule has 1 aromatic carbocycles. The molecule has 1 N–H and O–H groups in total. The molecular formula is C17H17F3N2O4S. The molecule has 6 nitrogen and oxygen atoms in total. The van der Waals surface area contributed by atoms with Gasteiger partial charge in [0.15, 0.2) is 0 Å². The summed E-state index contributed by atoms with van der Waals surface area (Å²) in [6, 6.07) is 6.19. The average molecular weight is 402 g/mol. The molecule has 0 aliphatic carbocycles. The number of aryl methyl sites for hydroxylation is 1. The van der Waals surface area contributed by atoms with Crippen molar-refractivity contribution in [1.82, 2.24) is 4.57 Å². The molecule has 2 aromatic rings. The van der Waals surface area contributed by atoms with Gasteiger partial charge < -0.3 is 14.0 Å². The number of carbonyl (C=O) groups is 2. The van der Waals surface area contributed by atoms with E-state index in [0.717, 1.165) is 12.1 Å². The quantitative estimate of drug-likeness (QED) is 0.446. The second kappa shape index (κ2) is 8.85. The summed E-state index contributed by atoms with van der Waals surface area (Å²) < 4.78 is 48.6. The van der Waals surface area contributed by atoms with Crippen LogP contribution in [0.15, 0.2) is 41.4 Å². The molecule has 0 aliphatic rings. The van der Waals surface area contributed by atoms with Crippen LogP contribution < -0.4 is 5.32 Å². The van der Waals surface area contributed by atoms with Gasteiger partial charge >= 0.3 is 18.2 Å². The van der Waals surface area contributed by atoms with Gasteiger partial charge in [-0.05, 0) is 30.3 Å². The summed E-state index contributed by atoms with van der Waals surface area (Å²) in [5, 5.41) is 2.48. The Labute approximate surface area is 157 Å². The number of aromatic nitrogens is 1. The monoisotopic (exact) mass is 402 g/mol. The van der Waals surface area contributed by atoms with E-state index in [4.69, 9.17) is 4.74 Å². The molecule has 0 radical (unpaired) electrons. The number of anilines is 1. The maximum Gasteiger partial charge on any atom is 0.416 e. The highest BCUT2D eigenvalue weighted by atomic mass is 32.2. The van der Waals surface area contributed by atoms with Crippen LogP contribution in [-0.2, 0) is 22.7 Å². The Balaban J connectivity index is 1.76. The van der Waals surface area contributed by atoms with Crippen LogP contribution in [0.1, 0.15) is 16.1 Å². The lowest BCUT2D eigenvalue weighted by atomic mass is 10.2. The van der Waals surface area contributed by atoms with Crippen LogP contribution >= 0.6 is 11.8 Å². The number of esters is 1. The fourth-order valence-electron chi connectivity index (χ4n) is 2.13. The van der Waals surface area contributed by atoms with Gasteiger partial charge in [0.1, 0.15) is 12.3 Å². The predicted molar refractivity (Wildman–Crippen MR) is 93.9 cm³/mol. The number of alkyl halides is 3. The summed E-state index contributed by atoms with van der Waals surface area (Å²) >= 11 is 1.26. The highest BCUT2D eigenvalue weighted by Crippen LogP contribution is 2.30. The summed E-state index contributed by atoms with van der Waals surface area (Å²) in [5.74, 6) is -0.159. The standard InChI is InChI=1S/C17H17F3N2O4S/c1-22-10-12(9-14(22)15(23)25-2)21-16(24)26-7-8-27-13-5-3-11(4-6-13)17(18,19)20/h3-6,9-10H,7-8H2,1-2H3,(H,21,24). The zero-order valence-corrected chi connectivity index (χ0v) is 15.3. The van der Waals surface area contributed by atoms with Gasteiger partial charge in [-0.15, -0.1) is 11.8 Å². The Hall–Kier alpha value is -2.62. The topological polar surface area (TPSA) is 69.6 Å². The van der Waals surface area contributed by atoms with Crippen molar-refractivity contribution in [3.63, 3.8) is 0 Å². The molecule has 0 saturated heterocycles. The second-order valence-corrected chi connectivity index (χ2v) is 6.52. The Bertz CT molecular complexity index is 804. The Kier molecular flexibility index (Phi) is 6.78. The highest BCUT2D eigenvalue weighted by Gasteiger charge is 2.29. The molecule has 0 bridgehead atoms. The number of hydrogen-bond donors (Lipinski definition) is 1. The first-order chi connectivity index (χ1) is 12.7. The number of nitrogens with one attached hydrogen (secondary N) is 1. The zero-order valence-electron chi connectivity index (χ0n) is 14.5. The lowest BCUT2D eigenvalue weighted by Crippen LogP contribution is -2.14. The van der Waals surface area contributed by atoms with Crippen molar-refractivity contribution in [2.75, 3.05) is 24.8 Å². The smallest absolute Gasteiger partial charge is 0.416 e. The minimum Gasteiger partial charge on any atom is -0.464 e. The van der Waals surface area contributed by atoms with E-state index in [0.29, 0.717) is 16.3 Å². The van der Waals surface area contributed by atoms with Crippen molar-refractivity contribution in [3.05, 3.63) is 47.8 Å². The van der Waals surface area contributed by atoms with Gasteiger partial charge in [-0.2, -0.15) is 13.2 Å². The van der Waals surface area contributed by atoms with E-state index >= 15 is 0 Å². The van der Waals surface area contributed by atoms with E-state index < -0.39 is 23.8 Å². The number of benzene rings is 1. The first kappa shape index (κ1) is 20.7. The van der Waals surface area contributed by atoms with Gasteiger partial charge in [0, 0.05) is 23.9 Å². The van der Waals surface area contributed by atoms with Gasteiger partial charge in [-0.3, -0.25) is 5.32 Å². The van der Waals surface area contributed by atoms with E-state index in [1.54, 1.807) is 7.05 Å². The number of ether oxygens (including phenoxy) is 2. The Morgan fingerprint density at radius 2 is 1.89 bits per heavy atom. The van der Waals surface area contributed by atoms with Crippen molar-refractivity contribution in [2.45, 2.75) is 11.1 Å². The fourth-order valence-corrected chi connectivity index (χ4v) is 2.86. The normalized spacial score (nSPS) is 11.1. The van der Waals surface area contributed by atoms with Crippen LogP contribution in [0.2, 0.25) is 0 Å².